The molecule has 3 heteroatoms. The molecule has 82 valence electrons. The number of hydrogen-bond acceptors (Lipinski definition) is 2. The lowest BCUT2D eigenvalue weighted by Crippen LogP contribution is -2.13. The zero-order valence-corrected chi connectivity index (χ0v) is 9.23. The molecule has 0 aromatic heterocycles. The summed E-state index contributed by atoms with van der Waals surface area (Å²) in [5.74, 6) is -0.866. The first-order valence-electron chi connectivity index (χ1n) is 5.06. The van der Waals surface area contributed by atoms with Crippen molar-refractivity contribution in [1.29, 1.82) is 0 Å². The van der Waals surface area contributed by atoms with Gasteiger partial charge in [0.1, 0.15) is 0 Å². The third-order valence-electron chi connectivity index (χ3n) is 2.27. The highest BCUT2D eigenvalue weighted by Crippen LogP contribution is 2.06. The molecule has 0 bridgehead atoms. The van der Waals surface area contributed by atoms with Crippen LogP contribution in [0.15, 0.2) is 24.3 Å². The number of carbonyl (C=O) groups is 1. The van der Waals surface area contributed by atoms with Crippen molar-refractivity contribution < 1.29 is 9.90 Å². The van der Waals surface area contributed by atoms with Crippen LogP contribution in [-0.2, 0) is 6.42 Å². The van der Waals surface area contributed by atoms with Crippen molar-refractivity contribution in [2.45, 2.75) is 12.8 Å². The Morgan fingerprint density at radius 2 is 1.87 bits per heavy atom. The van der Waals surface area contributed by atoms with Gasteiger partial charge >= 0.3 is 5.97 Å². The second-order valence-corrected chi connectivity index (χ2v) is 3.91. The number of aromatic carboxylic acids is 1. The van der Waals surface area contributed by atoms with Crippen LogP contribution in [0.5, 0.6) is 0 Å². The fourth-order valence-corrected chi connectivity index (χ4v) is 1.41. The molecule has 0 atom stereocenters. The molecule has 0 aliphatic carbocycles. The Kier molecular flexibility index (Phi) is 4.31. The van der Waals surface area contributed by atoms with Crippen molar-refractivity contribution in [3.63, 3.8) is 0 Å². The molecule has 1 aromatic carbocycles. The fourth-order valence-electron chi connectivity index (χ4n) is 1.41. The first-order chi connectivity index (χ1) is 7.09. The van der Waals surface area contributed by atoms with E-state index in [1.165, 1.54) is 5.56 Å². The molecule has 1 aromatic rings. The van der Waals surface area contributed by atoms with Crippen molar-refractivity contribution in [3.05, 3.63) is 35.4 Å². The quantitative estimate of drug-likeness (QED) is 0.801. The van der Waals surface area contributed by atoms with Crippen molar-refractivity contribution >= 4 is 5.97 Å². The van der Waals surface area contributed by atoms with Gasteiger partial charge in [0.05, 0.1) is 5.56 Å². The molecule has 3 nitrogen and oxygen atoms in total. The zero-order chi connectivity index (χ0) is 11.3. The lowest BCUT2D eigenvalue weighted by atomic mass is 10.1. The molecule has 1 rings (SSSR count). The molecule has 0 aliphatic heterocycles. The predicted octanol–water partition coefficient (Wildman–Crippen LogP) is 1.88. The predicted molar refractivity (Wildman–Crippen MR) is 60.3 cm³/mol. The number of hydrogen-bond donors (Lipinski definition) is 1. The van der Waals surface area contributed by atoms with Crippen LogP contribution in [0.25, 0.3) is 0 Å². The molecular formula is C12H17NO2. The molecule has 0 radical (unpaired) electrons. The molecular weight excluding hydrogens is 190 g/mol. The summed E-state index contributed by atoms with van der Waals surface area (Å²) in [6, 6.07) is 7.10. The second-order valence-electron chi connectivity index (χ2n) is 3.91. The summed E-state index contributed by atoms with van der Waals surface area (Å²) in [6.45, 7) is 1.06. The standard InChI is InChI=1S/C12H17NO2/c1-13(2)9-3-4-10-5-7-11(8-6-10)12(14)15/h5-8H,3-4,9H2,1-2H3,(H,14,15). The molecule has 15 heavy (non-hydrogen) atoms. The number of aryl methyl sites for hydroxylation is 1. The maximum atomic E-state index is 10.6. The minimum Gasteiger partial charge on any atom is -0.478 e. The molecule has 0 fully saturated rings. The van der Waals surface area contributed by atoms with E-state index in [0.29, 0.717) is 5.56 Å². The van der Waals surface area contributed by atoms with E-state index in [4.69, 9.17) is 5.11 Å². The van der Waals surface area contributed by atoms with Gasteiger partial charge in [-0.15, -0.1) is 0 Å². The average Bonchev–Trinajstić information content (AvgIpc) is 2.18. The van der Waals surface area contributed by atoms with Crippen molar-refractivity contribution in [2.24, 2.45) is 0 Å². The second kappa shape index (κ2) is 5.51. The molecule has 0 saturated heterocycles. The van der Waals surface area contributed by atoms with Crippen LogP contribution < -0.4 is 0 Å². The third kappa shape index (κ3) is 4.13. The summed E-state index contributed by atoms with van der Waals surface area (Å²) in [6.07, 6.45) is 2.09. The van der Waals surface area contributed by atoms with E-state index in [9.17, 15) is 4.79 Å². The van der Waals surface area contributed by atoms with Crippen molar-refractivity contribution in [1.82, 2.24) is 4.90 Å². The Morgan fingerprint density at radius 1 is 1.27 bits per heavy atom. The van der Waals surface area contributed by atoms with Gasteiger partial charge in [0, 0.05) is 0 Å². The fraction of sp³-hybridized carbons (Fsp3) is 0.417. The van der Waals surface area contributed by atoms with Crippen molar-refractivity contribution in [2.75, 3.05) is 20.6 Å². The minimum atomic E-state index is -0.866. The Bertz CT molecular complexity index is 317. The van der Waals surface area contributed by atoms with E-state index in [0.717, 1.165) is 19.4 Å². The largest absolute Gasteiger partial charge is 0.478 e. The molecule has 0 saturated carbocycles. The van der Waals surface area contributed by atoms with Gasteiger partial charge in [0.2, 0.25) is 0 Å². The summed E-state index contributed by atoms with van der Waals surface area (Å²) in [7, 11) is 4.10. The summed E-state index contributed by atoms with van der Waals surface area (Å²) < 4.78 is 0. The summed E-state index contributed by atoms with van der Waals surface area (Å²) in [4.78, 5) is 12.8. The molecule has 0 aliphatic rings. The van der Waals surface area contributed by atoms with E-state index in [2.05, 4.69) is 4.90 Å². The molecule has 0 amide bonds. The molecule has 0 unspecified atom stereocenters. The topological polar surface area (TPSA) is 40.5 Å². The molecule has 1 N–H and O–H groups in total. The first kappa shape index (κ1) is 11.7. The van der Waals surface area contributed by atoms with Crippen LogP contribution >= 0.6 is 0 Å². The number of nitrogens with zero attached hydrogens (tertiary/aromatic N) is 1. The third-order valence-corrected chi connectivity index (χ3v) is 2.27. The molecule has 0 heterocycles. The SMILES string of the molecule is CN(C)CCCc1ccc(C(=O)O)cc1. The van der Waals surface area contributed by atoms with Crippen LogP contribution in [0.1, 0.15) is 22.3 Å². The number of carboxylic acids is 1. The highest BCUT2D eigenvalue weighted by molar-refractivity contribution is 5.87. The normalized spacial score (nSPS) is 10.6. The van der Waals surface area contributed by atoms with Crippen LogP contribution in [0.4, 0.5) is 0 Å². The van der Waals surface area contributed by atoms with E-state index >= 15 is 0 Å². The van der Waals surface area contributed by atoms with Gasteiger partial charge in [0.25, 0.3) is 0 Å². The lowest BCUT2D eigenvalue weighted by molar-refractivity contribution is 0.0697. The van der Waals surface area contributed by atoms with E-state index in [1.54, 1.807) is 12.1 Å². The van der Waals surface area contributed by atoms with Gasteiger partial charge < -0.3 is 10.0 Å². The van der Waals surface area contributed by atoms with Crippen LogP contribution in [0.3, 0.4) is 0 Å². The van der Waals surface area contributed by atoms with Gasteiger partial charge in [-0.1, -0.05) is 12.1 Å². The minimum absolute atomic E-state index is 0.353. The monoisotopic (exact) mass is 207 g/mol. The van der Waals surface area contributed by atoms with Crippen molar-refractivity contribution in [3.8, 4) is 0 Å². The van der Waals surface area contributed by atoms with Crippen LogP contribution in [-0.4, -0.2) is 36.6 Å². The van der Waals surface area contributed by atoms with Crippen LogP contribution in [0.2, 0.25) is 0 Å². The average molecular weight is 207 g/mol. The van der Waals surface area contributed by atoms with E-state index < -0.39 is 5.97 Å². The molecule has 0 spiro atoms. The summed E-state index contributed by atoms with van der Waals surface area (Å²) >= 11 is 0. The van der Waals surface area contributed by atoms with Gasteiger partial charge in [0.15, 0.2) is 0 Å². The van der Waals surface area contributed by atoms with Gasteiger partial charge in [-0.25, -0.2) is 4.79 Å². The highest BCUT2D eigenvalue weighted by atomic mass is 16.4. The summed E-state index contributed by atoms with van der Waals surface area (Å²) in [5, 5.41) is 8.72. The highest BCUT2D eigenvalue weighted by Gasteiger charge is 2.01. The maximum absolute atomic E-state index is 10.6. The number of benzene rings is 1. The smallest absolute Gasteiger partial charge is 0.335 e. The lowest BCUT2D eigenvalue weighted by Gasteiger charge is -2.08. The Labute approximate surface area is 90.3 Å². The first-order valence-corrected chi connectivity index (χ1v) is 5.06. The van der Waals surface area contributed by atoms with E-state index in [-0.39, 0.29) is 0 Å². The Balaban J connectivity index is 2.46. The Morgan fingerprint density at radius 3 is 2.33 bits per heavy atom. The number of carboxylic acid groups (broad SMARTS) is 1. The van der Waals surface area contributed by atoms with Gasteiger partial charge in [-0.3, -0.25) is 0 Å². The van der Waals surface area contributed by atoms with Crippen LogP contribution in [0, 0.1) is 0 Å². The van der Waals surface area contributed by atoms with Gasteiger partial charge in [-0.05, 0) is 51.2 Å². The maximum Gasteiger partial charge on any atom is 0.335 e. The van der Waals surface area contributed by atoms with E-state index in [1.807, 2.05) is 26.2 Å². The Hall–Kier alpha value is -1.35. The van der Waals surface area contributed by atoms with Gasteiger partial charge in [-0.2, -0.15) is 0 Å². The zero-order valence-electron chi connectivity index (χ0n) is 9.23. The number of rotatable bonds is 5. The summed E-state index contributed by atoms with van der Waals surface area (Å²) in [5.41, 5.74) is 1.55.